The van der Waals surface area contributed by atoms with E-state index in [0.717, 1.165) is 11.4 Å². The minimum Gasteiger partial charge on any atom is -0.457 e. The van der Waals surface area contributed by atoms with Crippen molar-refractivity contribution in [1.29, 1.82) is 0 Å². The molecule has 6 heteroatoms. The third-order valence-electron chi connectivity index (χ3n) is 4.40. The zero-order valence-electron chi connectivity index (χ0n) is 16.3. The van der Waals surface area contributed by atoms with E-state index in [1.165, 1.54) is 0 Å². The van der Waals surface area contributed by atoms with Crippen LogP contribution in [0.1, 0.15) is 47.6 Å². The number of rotatable bonds is 7. The number of aromatic nitrogens is 2. The topological polar surface area (TPSA) is 76.4 Å². The van der Waals surface area contributed by atoms with E-state index in [1.54, 1.807) is 29.9 Å². The van der Waals surface area contributed by atoms with Gasteiger partial charge >= 0.3 is 0 Å². The van der Waals surface area contributed by atoms with Crippen LogP contribution in [-0.4, -0.2) is 27.3 Å². The van der Waals surface area contributed by atoms with Gasteiger partial charge < -0.3 is 15.2 Å². The lowest BCUT2D eigenvalue weighted by atomic mass is 10.1. The Morgan fingerprint density at radius 3 is 2.50 bits per heavy atom. The lowest BCUT2D eigenvalue weighted by Crippen LogP contribution is -2.29. The van der Waals surface area contributed by atoms with Crippen molar-refractivity contribution in [1.82, 2.24) is 15.1 Å². The number of carbonyl (C=O) groups excluding carboxylic acids is 1. The van der Waals surface area contributed by atoms with Crippen LogP contribution in [-0.2, 0) is 7.05 Å². The summed E-state index contributed by atoms with van der Waals surface area (Å²) in [6, 6.07) is 18.4. The summed E-state index contributed by atoms with van der Waals surface area (Å²) in [4.78, 5) is 12.4. The molecule has 2 N–H and O–H groups in total. The molecule has 1 heterocycles. The molecule has 0 fully saturated rings. The maximum atomic E-state index is 12.4. The van der Waals surface area contributed by atoms with Crippen molar-refractivity contribution >= 4 is 5.91 Å². The van der Waals surface area contributed by atoms with E-state index in [0.29, 0.717) is 17.0 Å². The Balaban J connectivity index is 1.62. The van der Waals surface area contributed by atoms with E-state index in [-0.39, 0.29) is 18.4 Å². The molecule has 0 bridgehead atoms. The number of nitrogens with zero attached hydrogens (tertiary/aromatic N) is 2. The van der Waals surface area contributed by atoms with Gasteiger partial charge in [-0.15, -0.1) is 0 Å². The van der Waals surface area contributed by atoms with Gasteiger partial charge in [0.25, 0.3) is 5.91 Å². The number of hydrogen-bond donors (Lipinski definition) is 2. The predicted molar refractivity (Wildman–Crippen MR) is 108 cm³/mol. The smallest absolute Gasteiger partial charge is 0.269 e. The molecule has 2 aromatic carbocycles. The molecule has 3 rings (SSSR count). The van der Waals surface area contributed by atoms with E-state index in [1.807, 2.05) is 56.3 Å². The highest BCUT2D eigenvalue weighted by Gasteiger charge is 2.17. The molecule has 1 atom stereocenters. The number of benzene rings is 2. The highest BCUT2D eigenvalue weighted by Crippen LogP contribution is 2.24. The Morgan fingerprint density at radius 1 is 1.11 bits per heavy atom. The summed E-state index contributed by atoms with van der Waals surface area (Å²) in [5, 5.41) is 17.6. The third-order valence-corrected chi connectivity index (χ3v) is 4.40. The molecule has 6 nitrogen and oxygen atoms in total. The number of aliphatic hydroxyl groups is 1. The average molecular weight is 379 g/mol. The second-order valence-electron chi connectivity index (χ2n) is 6.95. The zero-order valence-corrected chi connectivity index (χ0v) is 16.3. The van der Waals surface area contributed by atoms with Gasteiger partial charge in [-0.1, -0.05) is 44.2 Å². The molecule has 28 heavy (non-hydrogen) atoms. The van der Waals surface area contributed by atoms with Crippen molar-refractivity contribution < 1.29 is 14.6 Å². The van der Waals surface area contributed by atoms with E-state index < -0.39 is 6.10 Å². The van der Waals surface area contributed by atoms with Gasteiger partial charge in [0.15, 0.2) is 0 Å². The maximum absolute atomic E-state index is 12.4. The van der Waals surface area contributed by atoms with Gasteiger partial charge in [-0.05, 0) is 41.8 Å². The SMILES string of the molecule is CC(C)c1cc(C(=O)NCC(O)c2cccc(Oc3ccccc3)c2)n(C)n1. The van der Waals surface area contributed by atoms with E-state index >= 15 is 0 Å². The van der Waals surface area contributed by atoms with Crippen molar-refractivity contribution in [3.8, 4) is 11.5 Å². The van der Waals surface area contributed by atoms with E-state index in [2.05, 4.69) is 10.4 Å². The van der Waals surface area contributed by atoms with Crippen LogP contribution in [0.2, 0.25) is 0 Å². The fourth-order valence-electron chi connectivity index (χ4n) is 2.79. The van der Waals surface area contributed by atoms with Gasteiger partial charge in [-0.2, -0.15) is 5.10 Å². The molecule has 1 aromatic heterocycles. The second-order valence-corrected chi connectivity index (χ2v) is 6.95. The molecule has 0 aliphatic rings. The van der Waals surface area contributed by atoms with Crippen molar-refractivity contribution in [2.45, 2.75) is 25.9 Å². The molecule has 0 saturated heterocycles. The largest absolute Gasteiger partial charge is 0.457 e. The van der Waals surface area contributed by atoms with Gasteiger partial charge in [0.05, 0.1) is 11.8 Å². The normalized spacial score (nSPS) is 12.0. The Morgan fingerprint density at radius 2 is 1.82 bits per heavy atom. The van der Waals surface area contributed by atoms with Gasteiger partial charge in [0.1, 0.15) is 17.2 Å². The molecule has 3 aromatic rings. The Kier molecular flexibility index (Phi) is 6.11. The summed E-state index contributed by atoms with van der Waals surface area (Å²) >= 11 is 0. The summed E-state index contributed by atoms with van der Waals surface area (Å²) in [6.45, 7) is 4.15. The van der Waals surface area contributed by atoms with Crippen LogP contribution in [0.25, 0.3) is 0 Å². The third kappa shape index (κ3) is 4.78. The minimum atomic E-state index is -0.846. The Labute approximate surface area is 164 Å². The summed E-state index contributed by atoms with van der Waals surface area (Å²) in [5.74, 6) is 1.32. The maximum Gasteiger partial charge on any atom is 0.269 e. The zero-order chi connectivity index (χ0) is 20.1. The van der Waals surface area contributed by atoms with Crippen LogP contribution in [0.5, 0.6) is 11.5 Å². The van der Waals surface area contributed by atoms with Gasteiger partial charge in [0, 0.05) is 13.6 Å². The van der Waals surface area contributed by atoms with Crippen LogP contribution in [0, 0.1) is 0 Å². The van der Waals surface area contributed by atoms with Gasteiger partial charge in [-0.3, -0.25) is 9.48 Å². The summed E-state index contributed by atoms with van der Waals surface area (Å²) in [6.07, 6.45) is -0.846. The van der Waals surface area contributed by atoms with Crippen LogP contribution >= 0.6 is 0 Å². The second kappa shape index (κ2) is 8.71. The van der Waals surface area contributed by atoms with E-state index in [9.17, 15) is 9.90 Å². The lowest BCUT2D eigenvalue weighted by Gasteiger charge is -2.14. The molecule has 0 aliphatic carbocycles. The van der Waals surface area contributed by atoms with E-state index in [4.69, 9.17) is 4.74 Å². The number of aliphatic hydroxyl groups excluding tert-OH is 1. The fourth-order valence-corrected chi connectivity index (χ4v) is 2.79. The molecular weight excluding hydrogens is 354 g/mol. The average Bonchev–Trinajstić information content (AvgIpc) is 3.09. The van der Waals surface area contributed by atoms with Crippen LogP contribution in [0.4, 0.5) is 0 Å². The molecule has 0 spiro atoms. The quantitative estimate of drug-likeness (QED) is 0.655. The number of nitrogens with one attached hydrogen (secondary N) is 1. The highest BCUT2D eigenvalue weighted by molar-refractivity contribution is 5.92. The Hall–Kier alpha value is -3.12. The lowest BCUT2D eigenvalue weighted by molar-refractivity contribution is 0.0907. The molecule has 1 amide bonds. The summed E-state index contributed by atoms with van der Waals surface area (Å²) in [5.41, 5.74) is 2.00. The van der Waals surface area contributed by atoms with Crippen LogP contribution in [0.15, 0.2) is 60.7 Å². The Bertz CT molecular complexity index is 935. The first-order valence-electron chi connectivity index (χ1n) is 9.27. The molecule has 1 unspecified atom stereocenters. The number of carbonyl (C=O) groups is 1. The molecule has 0 aliphatic heterocycles. The summed E-state index contributed by atoms with van der Waals surface area (Å²) < 4.78 is 7.36. The van der Waals surface area contributed by atoms with Gasteiger partial charge in [0.2, 0.25) is 0 Å². The molecular formula is C22H25N3O3. The highest BCUT2D eigenvalue weighted by atomic mass is 16.5. The van der Waals surface area contributed by atoms with Crippen LogP contribution < -0.4 is 10.1 Å². The summed E-state index contributed by atoms with van der Waals surface area (Å²) in [7, 11) is 1.74. The first-order valence-corrected chi connectivity index (χ1v) is 9.27. The fraction of sp³-hybridized carbons (Fsp3) is 0.273. The molecule has 146 valence electrons. The van der Waals surface area contributed by atoms with Crippen molar-refractivity contribution in [3.63, 3.8) is 0 Å². The van der Waals surface area contributed by atoms with Crippen molar-refractivity contribution in [2.24, 2.45) is 7.05 Å². The number of para-hydroxylation sites is 1. The van der Waals surface area contributed by atoms with Crippen molar-refractivity contribution in [3.05, 3.63) is 77.6 Å². The first kappa shape index (κ1) is 19.6. The molecule has 0 saturated carbocycles. The van der Waals surface area contributed by atoms with Gasteiger partial charge in [-0.25, -0.2) is 0 Å². The van der Waals surface area contributed by atoms with Crippen LogP contribution in [0.3, 0.4) is 0 Å². The van der Waals surface area contributed by atoms with Crippen molar-refractivity contribution in [2.75, 3.05) is 6.54 Å². The number of hydrogen-bond acceptors (Lipinski definition) is 4. The standard InChI is InChI=1S/C22H25N3O3/c1-15(2)19-13-20(25(3)24-19)22(27)23-14-21(26)16-8-7-11-18(12-16)28-17-9-5-4-6-10-17/h4-13,15,21,26H,14H2,1-3H3,(H,23,27). The molecule has 0 radical (unpaired) electrons. The number of amides is 1. The predicted octanol–water partition coefficient (Wildman–Crippen LogP) is 3.80. The number of ether oxygens (including phenoxy) is 1. The monoisotopic (exact) mass is 379 g/mol. The number of aryl methyl sites for hydroxylation is 1. The first-order chi connectivity index (χ1) is 13.4. The minimum absolute atomic E-state index is 0.0931.